The molecule has 6 heteroatoms. The normalized spacial score (nSPS) is 14.8. The maximum absolute atomic E-state index is 5.88. The lowest BCUT2D eigenvalue weighted by atomic mass is 10.1. The van der Waals surface area contributed by atoms with E-state index in [4.69, 9.17) is 10.5 Å². The van der Waals surface area contributed by atoms with Gasteiger partial charge in [0, 0.05) is 24.4 Å². The van der Waals surface area contributed by atoms with Gasteiger partial charge in [-0.2, -0.15) is 0 Å². The summed E-state index contributed by atoms with van der Waals surface area (Å²) in [5, 5.41) is 0. The molecule has 3 rings (SSSR count). The fourth-order valence-electron chi connectivity index (χ4n) is 1.75. The molecule has 0 saturated carbocycles. The summed E-state index contributed by atoms with van der Waals surface area (Å²) in [6.07, 6.45) is 4.17. The molecule has 0 radical (unpaired) electrons. The average molecular weight is 217 g/mol. The second-order valence-electron chi connectivity index (χ2n) is 3.60. The molecule has 2 aromatic heterocycles. The smallest absolute Gasteiger partial charge is 0.197 e. The van der Waals surface area contributed by atoms with Crippen molar-refractivity contribution in [2.24, 2.45) is 0 Å². The van der Waals surface area contributed by atoms with Gasteiger partial charge in [-0.15, -0.1) is 0 Å². The van der Waals surface area contributed by atoms with Crippen molar-refractivity contribution in [3.05, 3.63) is 23.7 Å². The first kappa shape index (κ1) is 9.29. The third-order valence-corrected chi connectivity index (χ3v) is 2.56. The number of aromatic amines is 1. The highest BCUT2D eigenvalue weighted by Gasteiger charge is 2.17. The van der Waals surface area contributed by atoms with Crippen LogP contribution in [0.25, 0.3) is 11.6 Å². The molecule has 6 nitrogen and oxygen atoms in total. The Morgan fingerprint density at radius 3 is 3.12 bits per heavy atom. The first-order valence-corrected chi connectivity index (χ1v) is 5.07. The largest absolute Gasteiger partial charge is 0.383 e. The van der Waals surface area contributed by atoms with E-state index in [0.29, 0.717) is 30.7 Å². The summed E-state index contributed by atoms with van der Waals surface area (Å²) in [5.74, 6) is 1.67. The van der Waals surface area contributed by atoms with Crippen LogP contribution in [0.4, 0.5) is 5.82 Å². The molecule has 0 bridgehead atoms. The lowest BCUT2D eigenvalue weighted by Gasteiger charge is -2.17. The van der Waals surface area contributed by atoms with Crippen LogP contribution >= 0.6 is 0 Å². The average Bonchev–Trinajstić information content (AvgIpc) is 2.82. The lowest BCUT2D eigenvalue weighted by molar-refractivity contribution is 0.109. The Morgan fingerprint density at radius 2 is 2.31 bits per heavy atom. The van der Waals surface area contributed by atoms with Gasteiger partial charge >= 0.3 is 0 Å². The van der Waals surface area contributed by atoms with Crippen molar-refractivity contribution in [1.29, 1.82) is 0 Å². The number of ether oxygens (including phenoxy) is 1. The molecule has 1 aliphatic rings. The summed E-state index contributed by atoms with van der Waals surface area (Å²) in [5.41, 5.74) is 7.74. The van der Waals surface area contributed by atoms with Crippen molar-refractivity contribution in [3.8, 4) is 11.6 Å². The highest BCUT2D eigenvalue weighted by atomic mass is 16.5. The second-order valence-corrected chi connectivity index (χ2v) is 3.60. The van der Waals surface area contributed by atoms with Crippen LogP contribution in [0.3, 0.4) is 0 Å². The zero-order valence-electron chi connectivity index (χ0n) is 8.60. The van der Waals surface area contributed by atoms with Crippen molar-refractivity contribution < 1.29 is 4.74 Å². The minimum Gasteiger partial charge on any atom is -0.383 e. The number of rotatable bonds is 1. The number of H-pyrrole nitrogens is 1. The number of imidazole rings is 1. The Hall–Kier alpha value is -1.95. The third-order valence-electron chi connectivity index (χ3n) is 2.56. The van der Waals surface area contributed by atoms with Crippen LogP contribution in [-0.2, 0) is 17.8 Å². The Balaban J connectivity index is 2.12. The lowest BCUT2D eigenvalue weighted by Crippen LogP contribution is -2.16. The molecule has 16 heavy (non-hydrogen) atoms. The van der Waals surface area contributed by atoms with Gasteiger partial charge in [-0.3, -0.25) is 0 Å². The van der Waals surface area contributed by atoms with Crippen molar-refractivity contribution >= 4 is 5.82 Å². The summed E-state index contributed by atoms with van der Waals surface area (Å²) in [4.78, 5) is 15.7. The number of nitrogens with two attached hydrogens (primary N) is 1. The van der Waals surface area contributed by atoms with Crippen LogP contribution < -0.4 is 5.73 Å². The van der Waals surface area contributed by atoms with Crippen LogP contribution in [0.2, 0.25) is 0 Å². The Bertz CT molecular complexity index is 508. The highest BCUT2D eigenvalue weighted by Crippen LogP contribution is 2.22. The molecule has 0 spiro atoms. The number of anilines is 1. The van der Waals surface area contributed by atoms with Gasteiger partial charge in [-0.1, -0.05) is 0 Å². The number of aromatic nitrogens is 4. The van der Waals surface area contributed by atoms with Crippen molar-refractivity contribution in [2.45, 2.75) is 13.0 Å². The quantitative estimate of drug-likeness (QED) is 0.726. The van der Waals surface area contributed by atoms with Crippen LogP contribution in [0.1, 0.15) is 11.3 Å². The predicted octanol–water partition coefficient (Wildman–Crippen LogP) is 0.522. The van der Waals surface area contributed by atoms with Crippen LogP contribution in [0.5, 0.6) is 0 Å². The zero-order valence-corrected chi connectivity index (χ0v) is 8.60. The van der Waals surface area contributed by atoms with E-state index >= 15 is 0 Å². The molecule has 82 valence electrons. The molecular formula is C10H11N5O. The van der Waals surface area contributed by atoms with E-state index in [-0.39, 0.29) is 0 Å². The fraction of sp³-hybridized carbons (Fsp3) is 0.300. The molecule has 0 amide bonds. The first-order valence-electron chi connectivity index (χ1n) is 5.07. The van der Waals surface area contributed by atoms with E-state index in [2.05, 4.69) is 19.9 Å². The predicted molar refractivity (Wildman–Crippen MR) is 57.4 cm³/mol. The van der Waals surface area contributed by atoms with Gasteiger partial charge in [0.15, 0.2) is 11.6 Å². The van der Waals surface area contributed by atoms with Crippen molar-refractivity contribution in [3.63, 3.8) is 0 Å². The number of nitrogens with zero attached hydrogens (tertiary/aromatic N) is 3. The molecule has 3 heterocycles. The number of nitrogen functional groups attached to an aromatic ring is 1. The monoisotopic (exact) mass is 217 g/mol. The molecule has 1 aliphatic heterocycles. The molecule has 0 saturated heterocycles. The van der Waals surface area contributed by atoms with Crippen molar-refractivity contribution in [2.75, 3.05) is 12.3 Å². The summed E-state index contributed by atoms with van der Waals surface area (Å²) >= 11 is 0. The standard InChI is InChI=1S/C10H11N5O/c11-8-6-5-16-4-1-7(6)14-10(15-8)9-12-2-3-13-9/h2-3H,1,4-5H2,(H,12,13)(H2,11,14,15). The number of hydrogen-bond donors (Lipinski definition) is 2. The van der Waals surface area contributed by atoms with Crippen LogP contribution in [-0.4, -0.2) is 26.5 Å². The van der Waals surface area contributed by atoms with Crippen LogP contribution in [0.15, 0.2) is 12.4 Å². The zero-order chi connectivity index (χ0) is 11.0. The van der Waals surface area contributed by atoms with Gasteiger partial charge in [-0.25, -0.2) is 15.0 Å². The SMILES string of the molecule is Nc1nc(-c2ncc[nH]2)nc2c1COCC2. The molecule has 0 unspecified atom stereocenters. The first-order chi connectivity index (χ1) is 7.84. The molecule has 0 atom stereocenters. The van der Waals surface area contributed by atoms with Gasteiger partial charge < -0.3 is 15.5 Å². The minimum absolute atomic E-state index is 0.483. The van der Waals surface area contributed by atoms with Crippen molar-refractivity contribution in [1.82, 2.24) is 19.9 Å². The molecule has 3 N–H and O–H groups in total. The number of fused-ring (bicyclic) bond motifs is 1. The number of hydrogen-bond acceptors (Lipinski definition) is 5. The van der Waals surface area contributed by atoms with E-state index < -0.39 is 0 Å². The molecule has 2 aromatic rings. The molecule has 0 fully saturated rings. The second kappa shape index (κ2) is 3.57. The Labute approximate surface area is 91.9 Å². The van der Waals surface area contributed by atoms with E-state index in [1.807, 2.05) is 0 Å². The maximum Gasteiger partial charge on any atom is 0.197 e. The van der Waals surface area contributed by atoms with E-state index in [0.717, 1.165) is 17.7 Å². The molecule has 0 aliphatic carbocycles. The van der Waals surface area contributed by atoms with Gasteiger partial charge in [0.25, 0.3) is 0 Å². The van der Waals surface area contributed by atoms with Gasteiger partial charge in [0.2, 0.25) is 0 Å². The molecular weight excluding hydrogens is 206 g/mol. The van der Waals surface area contributed by atoms with E-state index in [1.54, 1.807) is 12.4 Å². The van der Waals surface area contributed by atoms with E-state index in [9.17, 15) is 0 Å². The van der Waals surface area contributed by atoms with Gasteiger partial charge in [-0.05, 0) is 0 Å². The Morgan fingerprint density at radius 1 is 1.38 bits per heavy atom. The molecule has 0 aromatic carbocycles. The number of nitrogens with one attached hydrogen (secondary N) is 1. The highest BCUT2D eigenvalue weighted by molar-refractivity contribution is 5.52. The van der Waals surface area contributed by atoms with E-state index in [1.165, 1.54) is 0 Å². The summed E-state index contributed by atoms with van der Waals surface area (Å²) in [6.45, 7) is 1.18. The third kappa shape index (κ3) is 1.43. The van der Waals surface area contributed by atoms with Gasteiger partial charge in [0.1, 0.15) is 5.82 Å². The van der Waals surface area contributed by atoms with Gasteiger partial charge in [0.05, 0.1) is 18.9 Å². The maximum atomic E-state index is 5.88. The summed E-state index contributed by atoms with van der Waals surface area (Å²) in [6, 6.07) is 0. The Kier molecular flexibility index (Phi) is 2.07. The topological polar surface area (TPSA) is 89.7 Å². The minimum atomic E-state index is 0.483. The summed E-state index contributed by atoms with van der Waals surface area (Å²) < 4.78 is 5.32. The summed E-state index contributed by atoms with van der Waals surface area (Å²) in [7, 11) is 0. The fourth-order valence-corrected chi connectivity index (χ4v) is 1.75. The van der Waals surface area contributed by atoms with Crippen LogP contribution in [0, 0.1) is 0 Å².